The highest BCUT2D eigenvalue weighted by atomic mass is 16.6. The molecule has 0 aliphatic carbocycles. The maximum atomic E-state index is 13.2. The second kappa shape index (κ2) is 7.70. The number of nitrogens with zero attached hydrogens (tertiary/aromatic N) is 1. The van der Waals surface area contributed by atoms with Gasteiger partial charge in [0.25, 0.3) is 5.91 Å². The predicted octanol–water partition coefficient (Wildman–Crippen LogP) is 3.47. The average molecular weight is 394 g/mol. The van der Waals surface area contributed by atoms with Crippen molar-refractivity contribution in [3.63, 3.8) is 0 Å². The Kier molecular flexibility index (Phi) is 5.46. The maximum Gasteiger partial charge on any atom is 0.318 e. The van der Waals surface area contributed by atoms with Crippen molar-refractivity contribution in [3.05, 3.63) is 54.1 Å². The number of rotatable bonds is 3. The molecule has 0 aromatic heterocycles. The molecule has 0 saturated carbocycles. The van der Waals surface area contributed by atoms with E-state index in [2.05, 4.69) is 5.32 Å². The van der Waals surface area contributed by atoms with Crippen LogP contribution in [0, 0.1) is 5.92 Å². The molecule has 1 N–H and O–H groups in total. The van der Waals surface area contributed by atoms with E-state index in [1.807, 2.05) is 48.5 Å². The van der Waals surface area contributed by atoms with E-state index in [0.717, 1.165) is 16.8 Å². The summed E-state index contributed by atoms with van der Waals surface area (Å²) in [5.74, 6) is -2.48. The van der Waals surface area contributed by atoms with Gasteiger partial charge in [0.15, 0.2) is 0 Å². The molecule has 0 spiro atoms. The molecule has 2 amide bonds. The molecule has 2 aromatic rings. The lowest BCUT2D eigenvalue weighted by molar-refractivity contribution is -0.162. The Balaban J connectivity index is 1.95. The number of anilines is 1. The second-order valence-corrected chi connectivity index (χ2v) is 8.20. The largest absolute Gasteiger partial charge is 0.459 e. The fourth-order valence-electron chi connectivity index (χ4n) is 3.34. The summed E-state index contributed by atoms with van der Waals surface area (Å²) in [5, 5.41) is 2.77. The van der Waals surface area contributed by atoms with E-state index < -0.39 is 29.4 Å². The highest BCUT2D eigenvalue weighted by Gasteiger charge is 2.35. The van der Waals surface area contributed by atoms with E-state index in [0.29, 0.717) is 5.56 Å². The van der Waals surface area contributed by atoms with Gasteiger partial charge in [-0.1, -0.05) is 42.5 Å². The standard InChI is InChI=1S/C23H26N2O4/c1-14(22(28)29-23(2,3)4)20(26)24-19-17-12-7-6-10-15(17)16-11-8-9-13-18(16)25(5)21(19)27/h6-14,19H,1-5H3,(H,24,26). The van der Waals surface area contributed by atoms with Gasteiger partial charge < -0.3 is 15.0 Å². The number of benzene rings is 2. The number of hydrogen-bond acceptors (Lipinski definition) is 4. The summed E-state index contributed by atoms with van der Waals surface area (Å²) in [4.78, 5) is 39.9. The maximum absolute atomic E-state index is 13.2. The highest BCUT2D eigenvalue weighted by Crippen LogP contribution is 2.39. The zero-order valence-corrected chi connectivity index (χ0v) is 17.4. The Bertz CT molecular complexity index is 961. The zero-order chi connectivity index (χ0) is 21.3. The zero-order valence-electron chi connectivity index (χ0n) is 17.4. The van der Waals surface area contributed by atoms with Crippen LogP contribution in [0.15, 0.2) is 48.5 Å². The van der Waals surface area contributed by atoms with Crippen LogP contribution in [0.5, 0.6) is 0 Å². The number of amides is 2. The number of hydrogen-bond donors (Lipinski definition) is 1. The van der Waals surface area contributed by atoms with Crippen molar-refractivity contribution in [2.45, 2.75) is 39.3 Å². The first-order valence-corrected chi connectivity index (χ1v) is 9.59. The summed E-state index contributed by atoms with van der Waals surface area (Å²) >= 11 is 0. The van der Waals surface area contributed by atoms with Crippen LogP contribution in [0.4, 0.5) is 5.69 Å². The van der Waals surface area contributed by atoms with E-state index in [4.69, 9.17) is 4.74 Å². The number of fused-ring (bicyclic) bond motifs is 3. The molecule has 2 unspecified atom stereocenters. The average Bonchev–Trinajstić information content (AvgIpc) is 2.76. The number of nitrogens with one attached hydrogen (secondary N) is 1. The van der Waals surface area contributed by atoms with Crippen LogP contribution < -0.4 is 10.2 Å². The minimum absolute atomic E-state index is 0.271. The third-order valence-corrected chi connectivity index (χ3v) is 4.85. The monoisotopic (exact) mass is 394 g/mol. The van der Waals surface area contributed by atoms with Crippen LogP contribution in [0.3, 0.4) is 0 Å². The quantitative estimate of drug-likeness (QED) is 0.639. The number of esters is 1. The van der Waals surface area contributed by atoms with Gasteiger partial charge >= 0.3 is 5.97 Å². The van der Waals surface area contributed by atoms with Crippen LogP contribution >= 0.6 is 0 Å². The molecule has 1 aliphatic heterocycles. The first-order chi connectivity index (χ1) is 13.6. The van der Waals surface area contributed by atoms with Crippen molar-refractivity contribution in [3.8, 4) is 11.1 Å². The lowest BCUT2D eigenvalue weighted by Gasteiger charge is -2.25. The predicted molar refractivity (Wildman–Crippen MR) is 111 cm³/mol. The molecular formula is C23H26N2O4. The molecule has 2 aromatic carbocycles. The van der Waals surface area contributed by atoms with Crippen molar-refractivity contribution in [1.82, 2.24) is 5.32 Å². The molecule has 0 saturated heterocycles. The molecule has 2 atom stereocenters. The molecule has 3 rings (SSSR count). The second-order valence-electron chi connectivity index (χ2n) is 8.20. The first kappa shape index (κ1) is 20.6. The van der Waals surface area contributed by atoms with Gasteiger partial charge in [0.1, 0.15) is 17.6 Å². The molecule has 1 aliphatic rings. The highest BCUT2D eigenvalue weighted by molar-refractivity contribution is 6.07. The molecule has 6 nitrogen and oxygen atoms in total. The number of carbonyl (C=O) groups excluding carboxylic acids is 3. The molecular weight excluding hydrogens is 368 g/mol. The van der Waals surface area contributed by atoms with E-state index in [1.54, 1.807) is 32.7 Å². The number of para-hydroxylation sites is 1. The number of likely N-dealkylation sites (N-methyl/N-ethyl adjacent to an activating group) is 1. The Hall–Kier alpha value is -3.15. The Morgan fingerprint density at radius 1 is 1.03 bits per heavy atom. The van der Waals surface area contributed by atoms with Crippen molar-refractivity contribution in [2.75, 3.05) is 11.9 Å². The number of ether oxygens (including phenoxy) is 1. The summed E-state index contributed by atoms with van der Waals surface area (Å²) in [6, 6.07) is 14.2. The van der Waals surface area contributed by atoms with Crippen molar-refractivity contribution < 1.29 is 19.1 Å². The lowest BCUT2D eigenvalue weighted by Crippen LogP contribution is -2.44. The van der Waals surface area contributed by atoms with Crippen LogP contribution in [0.25, 0.3) is 11.1 Å². The minimum Gasteiger partial charge on any atom is -0.459 e. The Morgan fingerprint density at radius 2 is 1.62 bits per heavy atom. The molecule has 1 heterocycles. The summed E-state index contributed by atoms with van der Waals surface area (Å²) in [6.45, 7) is 6.71. The van der Waals surface area contributed by atoms with E-state index in [9.17, 15) is 14.4 Å². The van der Waals surface area contributed by atoms with Gasteiger partial charge in [-0.15, -0.1) is 0 Å². The van der Waals surface area contributed by atoms with Gasteiger partial charge in [0, 0.05) is 12.6 Å². The molecule has 0 fully saturated rings. The SMILES string of the molecule is CC(C(=O)NC1C(=O)N(C)c2ccccc2-c2ccccc21)C(=O)OC(C)(C)C. The molecule has 152 valence electrons. The van der Waals surface area contributed by atoms with Gasteiger partial charge in [-0.2, -0.15) is 0 Å². The topological polar surface area (TPSA) is 75.7 Å². The molecule has 0 bridgehead atoms. The summed E-state index contributed by atoms with van der Waals surface area (Å²) < 4.78 is 5.31. The van der Waals surface area contributed by atoms with Gasteiger partial charge in [-0.25, -0.2) is 0 Å². The van der Waals surface area contributed by atoms with Gasteiger partial charge in [-0.3, -0.25) is 14.4 Å². The first-order valence-electron chi connectivity index (χ1n) is 9.59. The molecule has 6 heteroatoms. The third kappa shape index (κ3) is 4.16. The molecule has 29 heavy (non-hydrogen) atoms. The summed E-state index contributed by atoms with van der Waals surface area (Å²) in [7, 11) is 1.68. The molecule has 0 radical (unpaired) electrons. The Morgan fingerprint density at radius 3 is 2.28 bits per heavy atom. The van der Waals surface area contributed by atoms with E-state index in [-0.39, 0.29) is 5.91 Å². The van der Waals surface area contributed by atoms with Crippen LogP contribution in [0.2, 0.25) is 0 Å². The van der Waals surface area contributed by atoms with E-state index in [1.165, 1.54) is 6.92 Å². The van der Waals surface area contributed by atoms with Crippen molar-refractivity contribution >= 4 is 23.5 Å². The third-order valence-electron chi connectivity index (χ3n) is 4.85. The van der Waals surface area contributed by atoms with E-state index >= 15 is 0 Å². The summed E-state index contributed by atoms with van der Waals surface area (Å²) in [6.07, 6.45) is 0. The smallest absolute Gasteiger partial charge is 0.318 e. The Labute approximate surface area is 170 Å². The van der Waals surface area contributed by atoms with Crippen LogP contribution in [0.1, 0.15) is 39.3 Å². The normalized spacial score (nSPS) is 16.9. The fourth-order valence-corrected chi connectivity index (χ4v) is 3.34. The van der Waals surface area contributed by atoms with Crippen LogP contribution in [-0.2, 0) is 19.1 Å². The van der Waals surface area contributed by atoms with Gasteiger partial charge in [-0.05, 0) is 44.9 Å². The number of carbonyl (C=O) groups is 3. The summed E-state index contributed by atoms with van der Waals surface area (Å²) in [5.41, 5.74) is 2.55. The van der Waals surface area contributed by atoms with Crippen LogP contribution in [-0.4, -0.2) is 30.4 Å². The lowest BCUT2D eigenvalue weighted by atomic mass is 9.95. The minimum atomic E-state index is -1.04. The van der Waals surface area contributed by atoms with Crippen molar-refractivity contribution in [2.24, 2.45) is 5.92 Å². The van der Waals surface area contributed by atoms with Gasteiger partial charge in [0.2, 0.25) is 5.91 Å². The van der Waals surface area contributed by atoms with Crippen molar-refractivity contribution in [1.29, 1.82) is 0 Å². The van der Waals surface area contributed by atoms with Gasteiger partial charge in [0.05, 0.1) is 5.69 Å². The fraction of sp³-hybridized carbons (Fsp3) is 0.348.